The second-order valence-electron chi connectivity index (χ2n) is 8.72. The summed E-state index contributed by atoms with van der Waals surface area (Å²) in [5, 5.41) is 11.6. The number of ketones is 1. The summed E-state index contributed by atoms with van der Waals surface area (Å²) in [6.45, 7) is 1.64. The Morgan fingerprint density at radius 1 is 1.00 bits per heavy atom. The molecule has 2 aromatic carbocycles. The number of Topliss-reactive ketones (excluding diaryl/α,β-unsaturated/α-hetero) is 1. The highest BCUT2D eigenvalue weighted by molar-refractivity contribution is 5.88. The number of nitrogens with zero attached hydrogens (tertiary/aromatic N) is 1. The Hall–Kier alpha value is -2.41. The van der Waals surface area contributed by atoms with Gasteiger partial charge in [0.05, 0.1) is 6.54 Å². The van der Waals surface area contributed by atoms with Crippen LogP contribution in [0.4, 0.5) is 0 Å². The van der Waals surface area contributed by atoms with Gasteiger partial charge in [-0.2, -0.15) is 0 Å². The van der Waals surface area contributed by atoms with E-state index in [9.17, 15) is 9.90 Å². The lowest BCUT2D eigenvalue weighted by Gasteiger charge is -2.37. The summed E-state index contributed by atoms with van der Waals surface area (Å²) in [5.41, 5.74) is 0.687. The second kappa shape index (κ2) is 11.8. The number of rotatable bonds is 9. The van der Waals surface area contributed by atoms with Crippen LogP contribution in [0.25, 0.3) is 0 Å². The van der Waals surface area contributed by atoms with Crippen molar-refractivity contribution >= 4 is 5.78 Å². The molecular weight excluding hydrogens is 382 g/mol. The van der Waals surface area contributed by atoms with Gasteiger partial charge < -0.3 is 5.11 Å². The monoisotopic (exact) mass is 417 g/mol. The Bertz CT molecular complexity index is 862. The molecule has 164 valence electrons. The first-order chi connectivity index (χ1) is 15.1. The van der Waals surface area contributed by atoms with Crippen molar-refractivity contribution in [1.82, 2.24) is 4.90 Å². The predicted molar refractivity (Wildman–Crippen MR) is 127 cm³/mol. The van der Waals surface area contributed by atoms with E-state index in [1.54, 1.807) is 0 Å². The molecule has 1 fully saturated rings. The molecule has 1 unspecified atom stereocenters. The fraction of sp³-hybridized carbons (Fsp3) is 0.464. The Morgan fingerprint density at radius 2 is 1.65 bits per heavy atom. The van der Waals surface area contributed by atoms with Gasteiger partial charge in [-0.15, -0.1) is 5.92 Å². The Labute approximate surface area is 187 Å². The minimum absolute atomic E-state index is 0.00762. The first-order valence-electron chi connectivity index (χ1n) is 11.6. The molecule has 2 aromatic rings. The molecule has 3 rings (SSSR count). The summed E-state index contributed by atoms with van der Waals surface area (Å²) >= 11 is 0. The number of benzene rings is 2. The van der Waals surface area contributed by atoms with E-state index < -0.39 is 5.60 Å². The number of likely N-dealkylation sites (N-methyl/N-ethyl adjacent to an activating group) is 1. The topological polar surface area (TPSA) is 40.5 Å². The van der Waals surface area contributed by atoms with E-state index in [0.717, 1.165) is 44.2 Å². The summed E-state index contributed by atoms with van der Waals surface area (Å²) in [7, 11) is 2.07. The Morgan fingerprint density at radius 3 is 2.32 bits per heavy atom. The van der Waals surface area contributed by atoms with Crippen molar-refractivity contribution in [2.24, 2.45) is 5.92 Å². The van der Waals surface area contributed by atoms with E-state index in [0.29, 0.717) is 19.4 Å². The van der Waals surface area contributed by atoms with Crippen molar-refractivity contribution in [3.63, 3.8) is 0 Å². The molecular formula is C28H35NO2. The molecule has 31 heavy (non-hydrogen) atoms. The molecule has 0 heterocycles. The van der Waals surface area contributed by atoms with Crippen LogP contribution in [-0.2, 0) is 16.8 Å². The van der Waals surface area contributed by atoms with Crippen LogP contribution >= 0.6 is 0 Å². The quantitative estimate of drug-likeness (QED) is 0.585. The third kappa shape index (κ3) is 6.53. The third-order valence-electron chi connectivity index (χ3n) is 6.41. The van der Waals surface area contributed by atoms with E-state index in [1.165, 1.54) is 12.0 Å². The van der Waals surface area contributed by atoms with Crippen molar-refractivity contribution in [2.45, 2.75) is 57.0 Å². The molecule has 0 aliphatic heterocycles. The molecule has 0 bridgehead atoms. The maximum Gasteiger partial charge on any atom is 0.170 e. The fourth-order valence-electron chi connectivity index (χ4n) is 4.53. The average Bonchev–Trinajstić information content (AvgIpc) is 2.83. The van der Waals surface area contributed by atoms with Gasteiger partial charge in [-0.05, 0) is 43.4 Å². The molecule has 1 aliphatic carbocycles. The van der Waals surface area contributed by atoms with Gasteiger partial charge in [0.15, 0.2) is 11.4 Å². The second-order valence-corrected chi connectivity index (χ2v) is 8.72. The maximum absolute atomic E-state index is 13.2. The molecule has 1 saturated carbocycles. The molecule has 0 radical (unpaired) electrons. The highest BCUT2D eigenvalue weighted by atomic mass is 16.3. The molecule has 0 amide bonds. The van der Waals surface area contributed by atoms with Crippen LogP contribution in [-0.4, -0.2) is 35.9 Å². The van der Waals surface area contributed by atoms with Crippen LogP contribution in [0.2, 0.25) is 0 Å². The van der Waals surface area contributed by atoms with Crippen LogP contribution in [0.3, 0.4) is 0 Å². The lowest BCUT2D eigenvalue weighted by Crippen LogP contribution is -2.44. The molecule has 1 aliphatic rings. The molecule has 0 aromatic heterocycles. The first-order valence-corrected chi connectivity index (χ1v) is 11.6. The van der Waals surface area contributed by atoms with Gasteiger partial charge in [-0.25, -0.2) is 0 Å². The van der Waals surface area contributed by atoms with Gasteiger partial charge in [0.1, 0.15) is 0 Å². The maximum atomic E-state index is 13.2. The highest BCUT2D eigenvalue weighted by Gasteiger charge is 2.44. The van der Waals surface area contributed by atoms with E-state index in [-0.39, 0.29) is 11.7 Å². The van der Waals surface area contributed by atoms with Crippen molar-refractivity contribution < 1.29 is 9.90 Å². The molecule has 0 spiro atoms. The summed E-state index contributed by atoms with van der Waals surface area (Å²) in [5.74, 6) is 6.26. The number of carbonyl (C=O) groups is 1. The summed E-state index contributed by atoms with van der Waals surface area (Å²) in [6.07, 6.45) is 6.98. The van der Waals surface area contributed by atoms with Crippen molar-refractivity contribution in [1.29, 1.82) is 0 Å². The smallest absolute Gasteiger partial charge is 0.170 e. The minimum atomic E-state index is -1.38. The number of carbonyl (C=O) groups excluding carboxylic acids is 1. The van der Waals surface area contributed by atoms with E-state index in [1.807, 2.05) is 36.4 Å². The van der Waals surface area contributed by atoms with Crippen LogP contribution in [0.1, 0.15) is 56.1 Å². The standard InChI is InChI=1S/C28H35NO2/c1-29(23-21-24-14-6-2-7-15-24)22-13-5-12-20-27(30)28(31,25-16-8-3-9-17-25)26-18-10-4-11-19-26/h2-3,6-9,14-17,26,31H,4,10-12,18-23H2,1H3. The van der Waals surface area contributed by atoms with E-state index in [2.05, 4.69) is 48.1 Å². The van der Waals surface area contributed by atoms with Crippen LogP contribution in [0.5, 0.6) is 0 Å². The Kier molecular flexibility index (Phi) is 8.88. The van der Waals surface area contributed by atoms with Crippen molar-refractivity contribution in [2.75, 3.05) is 20.1 Å². The van der Waals surface area contributed by atoms with Crippen LogP contribution < -0.4 is 0 Å². The van der Waals surface area contributed by atoms with E-state index in [4.69, 9.17) is 0 Å². The molecule has 3 heteroatoms. The van der Waals surface area contributed by atoms with Gasteiger partial charge in [0.25, 0.3) is 0 Å². The summed E-state index contributed by atoms with van der Waals surface area (Å²) < 4.78 is 0. The lowest BCUT2D eigenvalue weighted by atomic mass is 9.70. The average molecular weight is 418 g/mol. The molecule has 3 nitrogen and oxygen atoms in total. The Balaban J connectivity index is 1.52. The van der Waals surface area contributed by atoms with Gasteiger partial charge in [-0.3, -0.25) is 9.69 Å². The van der Waals surface area contributed by atoms with Gasteiger partial charge in [-0.1, -0.05) is 85.8 Å². The SMILES string of the molecule is CN(CC#CCCC(=O)C(O)(c1ccccc1)C1CCCCC1)CCc1ccccc1. The van der Waals surface area contributed by atoms with Crippen LogP contribution in [0, 0.1) is 17.8 Å². The largest absolute Gasteiger partial charge is 0.377 e. The lowest BCUT2D eigenvalue weighted by molar-refractivity contribution is -0.146. The zero-order valence-corrected chi connectivity index (χ0v) is 18.7. The van der Waals surface area contributed by atoms with Crippen molar-refractivity contribution in [3.05, 3.63) is 71.8 Å². The van der Waals surface area contributed by atoms with E-state index >= 15 is 0 Å². The summed E-state index contributed by atoms with van der Waals surface area (Å²) in [4.78, 5) is 15.4. The highest BCUT2D eigenvalue weighted by Crippen LogP contribution is 2.40. The molecule has 1 N–H and O–H groups in total. The number of aliphatic hydroxyl groups is 1. The van der Waals surface area contributed by atoms with Gasteiger partial charge in [0, 0.05) is 19.4 Å². The zero-order chi connectivity index (χ0) is 21.9. The predicted octanol–water partition coefficient (Wildman–Crippen LogP) is 4.98. The van der Waals surface area contributed by atoms with Crippen LogP contribution in [0.15, 0.2) is 60.7 Å². The summed E-state index contributed by atoms with van der Waals surface area (Å²) in [6, 6.07) is 20.0. The number of hydrogen-bond donors (Lipinski definition) is 1. The van der Waals surface area contributed by atoms with Gasteiger partial charge >= 0.3 is 0 Å². The van der Waals surface area contributed by atoms with Crippen molar-refractivity contribution in [3.8, 4) is 11.8 Å². The number of hydrogen-bond acceptors (Lipinski definition) is 3. The zero-order valence-electron chi connectivity index (χ0n) is 18.7. The minimum Gasteiger partial charge on any atom is -0.377 e. The molecule has 1 atom stereocenters. The normalized spacial score (nSPS) is 16.4. The molecule has 0 saturated heterocycles. The first kappa shape index (κ1) is 23.3. The van der Waals surface area contributed by atoms with Gasteiger partial charge in [0.2, 0.25) is 0 Å². The third-order valence-corrected chi connectivity index (χ3v) is 6.41. The fourth-order valence-corrected chi connectivity index (χ4v) is 4.53.